The van der Waals surface area contributed by atoms with E-state index in [0.717, 1.165) is 29.8 Å². The van der Waals surface area contributed by atoms with E-state index in [1.807, 2.05) is 47.4 Å². The van der Waals surface area contributed by atoms with Gasteiger partial charge in [-0.3, -0.25) is 4.79 Å². The first-order chi connectivity index (χ1) is 13.2. The van der Waals surface area contributed by atoms with Gasteiger partial charge in [-0.2, -0.15) is 0 Å². The number of carbonyl (C=O) groups is 1. The summed E-state index contributed by atoms with van der Waals surface area (Å²) in [5.41, 5.74) is 4.15. The lowest BCUT2D eigenvalue weighted by atomic mass is 9.97. The largest absolute Gasteiger partial charge is 0.444 e. The lowest BCUT2D eigenvalue weighted by Crippen LogP contribution is -2.43. The Kier molecular flexibility index (Phi) is 5.30. The summed E-state index contributed by atoms with van der Waals surface area (Å²) in [4.78, 5) is 19.3. The van der Waals surface area contributed by atoms with Crippen LogP contribution in [0.2, 0.25) is 0 Å². The monoisotopic (exact) mass is 378 g/mol. The molecule has 2 aromatic carbocycles. The molecule has 0 bridgehead atoms. The maximum atomic E-state index is 12.8. The second-order valence-corrected chi connectivity index (χ2v) is 7.77. The van der Waals surface area contributed by atoms with Gasteiger partial charge in [-0.05, 0) is 43.5 Å². The van der Waals surface area contributed by atoms with E-state index in [4.69, 9.17) is 4.42 Å². The highest BCUT2D eigenvalue weighted by Crippen LogP contribution is 2.31. The third-order valence-corrected chi connectivity index (χ3v) is 5.79. The van der Waals surface area contributed by atoms with E-state index in [2.05, 4.69) is 24.0 Å². The molecule has 2 heterocycles. The third-order valence-electron chi connectivity index (χ3n) is 4.84. The van der Waals surface area contributed by atoms with Crippen molar-refractivity contribution in [3.63, 3.8) is 0 Å². The summed E-state index contributed by atoms with van der Waals surface area (Å²) < 4.78 is 5.57. The summed E-state index contributed by atoms with van der Waals surface area (Å²) in [5, 5.41) is 0. The van der Waals surface area contributed by atoms with Gasteiger partial charge >= 0.3 is 0 Å². The lowest BCUT2D eigenvalue weighted by molar-refractivity contribution is -0.116. The maximum Gasteiger partial charge on any atom is 0.237 e. The van der Waals surface area contributed by atoms with Crippen LogP contribution in [0.4, 0.5) is 5.69 Å². The first-order valence-electron chi connectivity index (χ1n) is 9.20. The quantitative estimate of drug-likeness (QED) is 0.631. The molecular weight excluding hydrogens is 356 g/mol. The molecular formula is C22H22N2O2S. The number of para-hydroxylation sites is 1. The minimum absolute atomic E-state index is 0.159. The summed E-state index contributed by atoms with van der Waals surface area (Å²) >= 11 is 1.58. The molecule has 0 spiro atoms. The summed E-state index contributed by atoms with van der Waals surface area (Å²) in [6, 6.07) is 18.3. The number of fused-ring (bicyclic) bond motifs is 1. The molecule has 0 aliphatic carbocycles. The van der Waals surface area contributed by atoms with E-state index in [1.54, 1.807) is 18.0 Å². The minimum Gasteiger partial charge on any atom is -0.444 e. The molecule has 1 amide bonds. The number of anilines is 1. The number of hydrogen-bond acceptors (Lipinski definition) is 4. The van der Waals surface area contributed by atoms with Gasteiger partial charge < -0.3 is 9.32 Å². The van der Waals surface area contributed by atoms with Crippen molar-refractivity contribution in [1.29, 1.82) is 0 Å². The predicted molar refractivity (Wildman–Crippen MR) is 110 cm³/mol. The van der Waals surface area contributed by atoms with Gasteiger partial charge in [0.25, 0.3) is 0 Å². The van der Waals surface area contributed by atoms with Crippen molar-refractivity contribution in [2.75, 3.05) is 10.7 Å². The maximum absolute atomic E-state index is 12.8. The number of oxazole rings is 1. The van der Waals surface area contributed by atoms with E-state index in [0.29, 0.717) is 17.4 Å². The number of rotatable bonds is 5. The van der Waals surface area contributed by atoms with Gasteiger partial charge in [0.1, 0.15) is 6.26 Å². The number of hydrogen-bond donors (Lipinski definition) is 0. The molecule has 27 heavy (non-hydrogen) atoms. The normalized spacial score (nSPS) is 16.2. The van der Waals surface area contributed by atoms with E-state index in [9.17, 15) is 4.79 Å². The Hall–Kier alpha value is -2.53. The molecule has 1 atom stereocenters. The molecule has 1 unspecified atom stereocenters. The van der Waals surface area contributed by atoms with Crippen molar-refractivity contribution in [3.05, 3.63) is 72.1 Å². The molecule has 0 saturated heterocycles. The Morgan fingerprint density at radius 1 is 1.19 bits per heavy atom. The Balaban J connectivity index is 1.37. The number of carbonyl (C=O) groups excluding carboxylic acids is 1. The van der Waals surface area contributed by atoms with Crippen LogP contribution in [0.5, 0.6) is 0 Å². The van der Waals surface area contributed by atoms with Crippen LogP contribution in [-0.2, 0) is 17.0 Å². The molecule has 1 aromatic heterocycles. The highest BCUT2D eigenvalue weighted by Gasteiger charge is 2.27. The highest BCUT2D eigenvalue weighted by atomic mass is 32.2. The molecule has 4 nitrogen and oxygen atoms in total. The zero-order valence-corrected chi connectivity index (χ0v) is 16.1. The SMILES string of the molecule is CC1CCc2ccccc2N1C(=O)CSCc1coc(-c2ccccc2)n1. The van der Waals surface area contributed by atoms with Crippen LogP contribution in [0.1, 0.15) is 24.6 Å². The second kappa shape index (κ2) is 8.01. The number of amides is 1. The standard InChI is InChI=1S/C22H22N2O2S/c1-16-11-12-17-7-5-6-10-20(17)24(16)21(25)15-27-14-19-13-26-22(23-19)18-8-3-2-4-9-18/h2-10,13,16H,11-12,14-15H2,1H3. The summed E-state index contributed by atoms with van der Waals surface area (Å²) in [6.45, 7) is 2.13. The van der Waals surface area contributed by atoms with Crippen molar-refractivity contribution in [1.82, 2.24) is 4.98 Å². The summed E-state index contributed by atoms with van der Waals surface area (Å²) in [6.07, 6.45) is 3.73. The third kappa shape index (κ3) is 3.93. The molecule has 1 aliphatic rings. The molecule has 3 aromatic rings. The zero-order valence-electron chi connectivity index (χ0n) is 15.3. The number of aromatic nitrogens is 1. The second-order valence-electron chi connectivity index (χ2n) is 6.78. The molecule has 138 valence electrons. The topological polar surface area (TPSA) is 46.3 Å². The van der Waals surface area contributed by atoms with E-state index < -0.39 is 0 Å². The molecule has 0 fully saturated rings. The number of thioether (sulfide) groups is 1. The van der Waals surface area contributed by atoms with Crippen LogP contribution >= 0.6 is 11.8 Å². The fourth-order valence-electron chi connectivity index (χ4n) is 3.47. The van der Waals surface area contributed by atoms with E-state index in [1.165, 1.54) is 5.56 Å². The highest BCUT2D eigenvalue weighted by molar-refractivity contribution is 7.99. The molecule has 0 radical (unpaired) electrons. The fourth-order valence-corrected chi connectivity index (χ4v) is 4.22. The summed E-state index contributed by atoms with van der Waals surface area (Å²) in [7, 11) is 0. The first-order valence-corrected chi connectivity index (χ1v) is 10.4. The predicted octanol–water partition coefficient (Wildman–Crippen LogP) is 4.94. The Morgan fingerprint density at radius 2 is 1.96 bits per heavy atom. The van der Waals surface area contributed by atoms with Gasteiger partial charge in [0.15, 0.2) is 0 Å². The van der Waals surface area contributed by atoms with E-state index in [-0.39, 0.29) is 11.9 Å². The van der Waals surface area contributed by atoms with Gasteiger partial charge in [-0.1, -0.05) is 36.4 Å². The van der Waals surface area contributed by atoms with Gasteiger partial charge in [-0.25, -0.2) is 4.98 Å². The molecule has 5 heteroatoms. The van der Waals surface area contributed by atoms with Gasteiger partial charge in [0.05, 0.1) is 11.4 Å². The number of aryl methyl sites for hydroxylation is 1. The van der Waals surface area contributed by atoms with E-state index >= 15 is 0 Å². The van der Waals surface area contributed by atoms with Crippen LogP contribution in [0.3, 0.4) is 0 Å². The number of nitrogens with zero attached hydrogens (tertiary/aromatic N) is 2. The molecule has 4 rings (SSSR count). The average molecular weight is 378 g/mol. The lowest BCUT2D eigenvalue weighted by Gasteiger charge is -2.35. The van der Waals surface area contributed by atoms with Crippen molar-refractivity contribution < 1.29 is 9.21 Å². The number of benzene rings is 2. The smallest absolute Gasteiger partial charge is 0.237 e. The van der Waals surface area contributed by atoms with Crippen LogP contribution in [0.15, 0.2) is 65.3 Å². The fraction of sp³-hybridized carbons (Fsp3) is 0.273. The van der Waals surface area contributed by atoms with Crippen molar-refractivity contribution in [3.8, 4) is 11.5 Å². The first kappa shape index (κ1) is 17.9. The Labute approximate surface area is 163 Å². The minimum atomic E-state index is 0.159. The van der Waals surface area contributed by atoms with Gasteiger partial charge in [-0.15, -0.1) is 11.8 Å². The average Bonchev–Trinajstić information content (AvgIpc) is 3.17. The van der Waals surface area contributed by atoms with Crippen LogP contribution in [-0.4, -0.2) is 22.7 Å². The van der Waals surface area contributed by atoms with Gasteiger partial charge in [0, 0.05) is 23.0 Å². The van der Waals surface area contributed by atoms with Crippen LogP contribution < -0.4 is 4.90 Å². The Morgan fingerprint density at radius 3 is 2.81 bits per heavy atom. The molecule has 1 aliphatic heterocycles. The van der Waals surface area contributed by atoms with Gasteiger partial charge in [0.2, 0.25) is 11.8 Å². The Bertz CT molecular complexity index is 923. The molecule has 0 N–H and O–H groups in total. The van der Waals surface area contributed by atoms with Crippen molar-refractivity contribution in [2.45, 2.75) is 31.6 Å². The van der Waals surface area contributed by atoms with Crippen LogP contribution in [0.25, 0.3) is 11.5 Å². The van der Waals surface area contributed by atoms with Crippen molar-refractivity contribution in [2.24, 2.45) is 0 Å². The zero-order chi connectivity index (χ0) is 18.6. The van der Waals surface area contributed by atoms with Crippen LogP contribution in [0, 0.1) is 0 Å². The molecule has 0 saturated carbocycles. The van der Waals surface area contributed by atoms with Crippen molar-refractivity contribution >= 4 is 23.4 Å². The summed E-state index contributed by atoms with van der Waals surface area (Å²) in [5.74, 6) is 1.88.